The van der Waals surface area contributed by atoms with Crippen molar-refractivity contribution in [2.75, 3.05) is 17.7 Å². The molecule has 1 aromatic carbocycles. The number of ether oxygens (including phenoxy) is 1. The van der Waals surface area contributed by atoms with Gasteiger partial charge in [-0.25, -0.2) is 4.68 Å². The number of carbonyl (C=O) groups excluding carboxylic acids is 1. The predicted octanol–water partition coefficient (Wildman–Crippen LogP) is 1.05. The molecule has 0 bridgehead atoms. The molecular formula is C12H15N5O2. The Kier molecular flexibility index (Phi) is 3.65. The number of amides is 1. The fourth-order valence-electron chi connectivity index (χ4n) is 1.64. The molecule has 1 amide bonds. The van der Waals surface area contributed by atoms with E-state index in [2.05, 4.69) is 15.4 Å². The zero-order valence-corrected chi connectivity index (χ0v) is 10.8. The summed E-state index contributed by atoms with van der Waals surface area (Å²) in [6.45, 7) is 2.29. The summed E-state index contributed by atoms with van der Waals surface area (Å²) in [6, 6.07) is 5.08. The number of nitrogens with one attached hydrogen (secondary N) is 1. The molecule has 2 rings (SSSR count). The maximum absolute atomic E-state index is 12.2. The van der Waals surface area contributed by atoms with Gasteiger partial charge >= 0.3 is 0 Å². The third kappa shape index (κ3) is 2.65. The van der Waals surface area contributed by atoms with Gasteiger partial charge in [0.15, 0.2) is 0 Å². The smallest absolute Gasteiger partial charge is 0.263 e. The second-order valence-electron chi connectivity index (χ2n) is 3.81. The van der Waals surface area contributed by atoms with Crippen LogP contribution in [0.1, 0.15) is 17.3 Å². The van der Waals surface area contributed by atoms with Crippen LogP contribution in [-0.2, 0) is 7.05 Å². The first-order valence-corrected chi connectivity index (χ1v) is 5.80. The molecule has 0 unspecified atom stereocenters. The molecular weight excluding hydrogens is 246 g/mol. The molecule has 1 heterocycles. The average molecular weight is 261 g/mol. The summed E-state index contributed by atoms with van der Waals surface area (Å²) >= 11 is 0. The van der Waals surface area contributed by atoms with Crippen molar-refractivity contribution in [2.45, 2.75) is 6.92 Å². The molecule has 0 fully saturated rings. The predicted molar refractivity (Wildman–Crippen MR) is 71.0 cm³/mol. The molecule has 7 nitrogen and oxygen atoms in total. The summed E-state index contributed by atoms with van der Waals surface area (Å²) in [7, 11) is 1.68. The van der Waals surface area contributed by atoms with Gasteiger partial charge in [0.05, 0.1) is 6.61 Å². The Bertz CT molecular complexity index is 594. The van der Waals surface area contributed by atoms with Gasteiger partial charge in [-0.1, -0.05) is 6.07 Å². The topological polar surface area (TPSA) is 95.1 Å². The summed E-state index contributed by atoms with van der Waals surface area (Å²) in [5.41, 5.74) is 6.49. The van der Waals surface area contributed by atoms with Gasteiger partial charge in [0, 0.05) is 12.7 Å². The Labute approximate surface area is 110 Å². The first kappa shape index (κ1) is 12.9. The SMILES string of the molecule is CCOc1cccc(N)c1C(=O)Nc1ncnn1C. The van der Waals surface area contributed by atoms with Crippen molar-refractivity contribution in [3.8, 4) is 5.75 Å². The van der Waals surface area contributed by atoms with Crippen LogP contribution >= 0.6 is 0 Å². The van der Waals surface area contributed by atoms with Crippen molar-refractivity contribution >= 4 is 17.5 Å². The molecule has 100 valence electrons. The number of anilines is 2. The molecule has 0 aliphatic heterocycles. The van der Waals surface area contributed by atoms with E-state index in [9.17, 15) is 4.79 Å². The number of hydrogen-bond acceptors (Lipinski definition) is 5. The molecule has 3 N–H and O–H groups in total. The molecule has 0 saturated heterocycles. The third-order valence-electron chi connectivity index (χ3n) is 2.52. The van der Waals surface area contributed by atoms with E-state index in [4.69, 9.17) is 10.5 Å². The van der Waals surface area contributed by atoms with Gasteiger partial charge in [0.25, 0.3) is 5.91 Å². The van der Waals surface area contributed by atoms with E-state index in [-0.39, 0.29) is 5.91 Å². The molecule has 0 saturated carbocycles. The number of rotatable bonds is 4. The van der Waals surface area contributed by atoms with Crippen LogP contribution in [0.4, 0.5) is 11.6 Å². The van der Waals surface area contributed by atoms with Crippen molar-refractivity contribution < 1.29 is 9.53 Å². The van der Waals surface area contributed by atoms with Gasteiger partial charge in [0.2, 0.25) is 5.95 Å². The van der Waals surface area contributed by atoms with Crippen LogP contribution in [0.3, 0.4) is 0 Å². The maximum Gasteiger partial charge on any atom is 0.263 e. The van der Waals surface area contributed by atoms with Crippen molar-refractivity contribution in [3.63, 3.8) is 0 Å². The van der Waals surface area contributed by atoms with E-state index >= 15 is 0 Å². The second kappa shape index (κ2) is 5.38. The highest BCUT2D eigenvalue weighted by atomic mass is 16.5. The van der Waals surface area contributed by atoms with Crippen LogP contribution in [0.5, 0.6) is 5.75 Å². The first-order chi connectivity index (χ1) is 9.13. The van der Waals surface area contributed by atoms with Crippen molar-refractivity contribution in [3.05, 3.63) is 30.1 Å². The lowest BCUT2D eigenvalue weighted by Crippen LogP contribution is -2.18. The number of carbonyl (C=O) groups is 1. The molecule has 7 heteroatoms. The Morgan fingerprint density at radius 1 is 1.53 bits per heavy atom. The van der Waals surface area contributed by atoms with Crippen molar-refractivity contribution in [2.24, 2.45) is 7.05 Å². The second-order valence-corrected chi connectivity index (χ2v) is 3.81. The van der Waals surface area contributed by atoms with E-state index in [1.807, 2.05) is 6.92 Å². The number of aryl methyl sites for hydroxylation is 1. The molecule has 0 spiro atoms. The minimum absolute atomic E-state index is 0.298. The lowest BCUT2D eigenvalue weighted by atomic mass is 10.1. The van der Waals surface area contributed by atoms with E-state index in [0.717, 1.165) is 0 Å². The Balaban J connectivity index is 2.30. The number of nitrogens with zero attached hydrogens (tertiary/aromatic N) is 3. The number of nitrogens with two attached hydrogens (primary N) is 1. The quantitative estimate of drug-likeness (QED) is 0.802. The van der Waals surface area contributed by atoms with E-state index in [1.165, 1.54) is 11.0 Å². The lowest BCUT2D eigenvalue weighted by molar-refractivity contribution is 0.102. The van der Waals surface area contributed by atoms with Crippen LogP contribution in [0.25, 0.3) is 0 Å². The van der Waals surface area contributed by atoms with Crippen molar-refractivity contribution in [1.82, 2.24) is 14.8 Å². The van der Waals surface area contributed by atoms with Gasteiger partial charge in [-0.2, -0.15) is 10.1 Å². The number of aromatic nitrogens is 3. The summed E-state index contributed by atoms with van der Waals surface area (Å²) in [5.74, 6) is 0.413. The maximum atomic E-state index is 12.2. The Morgan fingerprint density at radius 3 is 2.95 bits per heavy atom. The summed E-state index contributed by atoms with van der Waals surface area (Å²) in [4.78, 5) is 16.2. The van der Waals surface area contributed by atoms with E-state index in [0.29, 0.717) is 29.6 Å². The lowest BCUT2D eigenvalue weighted by Gasteiger charge is -2.12. The monoisotopic (exact) mass is 261 g/mol. The zero-order valence-electron chi connectivity index (χ0n) is 10.8. The first-order valence-electron chi connectivity index (χ1n) is 5.80. The standard InChI is InChI=1S/C12H15N5O2/c1-3-19-9-6-4-5-8(13)10(9)11(18)16-12-14-7-15-17(12)2/h4-7H,3,13H2,1-2H3,(H,14,15,16,18). The largest absolute Gasteiger partial charge is 0.493 e. The highest BCUT2D eigenvalue weighted by Gasteiger charge is 2.17. The van der Waals surface area contributed by atoms with Gasteiger partial charge in [-0.05, 0) is 19.1 Å². The fraction of sp³-hybridized carbons (Fsp3) is 0.250. The van der Waals surface area contributed by atoms with Crippen LogP contribution in [0, 0.1) is 0 Å². The molecule has 0 atom stereocenters. The summed E-state index contributed by atoms with van der Waals surface area (Å²) in [6.07, 6.45) is 1.35. The van der Waals surface area contributed by atoms with Crippen LogP contribution in [0.15, 0.2) is 24.5 Å². The summed E-state index contributed by atoms with van der Waals surface area (Å²) < 4.78 is 6.86. The molecule has 1 aromatic heterocycles. The molecule has 19 heavy (non-hydrogen) atoms. The normalized spacial score (nSPS) is 10.2. The van der Waals surface area contributed by atoms with Gasteiger partial charge in [0.1, 0.15) is 17.6 Å². The van der Waals surface area contributed by atoms with E-state index < -0.39 is 0 Å². The highest BCUT2D eigenvalue weighted by Crippen LogP contribution is 2.25. The van der Waals surface area contributed by atoms with Crippen LogP contribution < -0.4 is 15.8 Å². The molecule has 0 aliphatic rings. The zero-order chi connectivity index (χ0) is 13.8. The molecule has 0 aliphatic carbocycles. The van der Waals surface area contributed by atoms with Crippen LogP contribution in [-0.4, -0.2) is 27.3 Å². The highest BCUT2D eigenvalue weighted by molar-refractivity contribution is 6.09. The molecule has 2 aromatic rings. The Morgan fingerprint density at radius 2 is 2.32 bits per heavy atom. The summed E-state index contributed by atoms with van der Waals surface area (Å²) in [5, 5.41) is 6.51. The van der Waals surface area contributed by atoms with Gasteiger partial charge in [-0.15, -0.1) is 0 Å². The van der Waals surface area contributed by atoms with Crippen LogP contribution in [0.2, 0.25) is 0 Å². The number of nitrogen functional groups attached to an aromatic ring is 1. The third-order valence-corrected chi connectivity index (χ3v) is 2.52. The number of hydrogen-bond donors (Lipinski definition) is 2. The average Bonchev–Trinajstić information content (AvgIpc) is 2.75. The fourth-order valence-corrected chi connectivity index (χ4v) is 1.64. The van der Waals surface area contributed by atoms with Gasteiger partial charge < -0.3 is 10.5 Å². The minimum Gasteiger partial charge on any atom is -0.493 e. The van der Waals surface area contributed by atoms with Gasteiger partial charge in [-0.3, -0.25) is 10.1 Å². The Hall–Kier alpha value is -2.57. The number of benzene rings is 1. The van der Waals surface area contributed by atoms with Crippen molar-refractivity contribution in [1.29, 1.82) is 0 Å². The van der Waals surface area contributed by atoms with E-state index in [1.54, 1.807) is 25.2 Å². The molecule has 0 radical (unpaired) electrons. The minimum atomic E-state index is -0.377.